The Balaban J connectivity index is 1.92. The minimum Gasteiger partial charge on any atom is -0.370 e. The third kappa shape index (κ3) is 6.15. The van der Waals surface area contributed by atoms with Gasteiger partial charge in [0.2, 0.25) is 11.8 Å². The molecule has 7 heteroatoms. The first-order valence-corrected chi connectivity index (χ1v) is 9.13. The Bertz CT molecular complexity index is 641. The van der Waals surface area contributed by atoms with Crippen LogP contribution in [0, 0.1) is 11.8 Å². The minimum absolute atomic E-state index is 0.0766. The van der Waals surface area contributed by atoms with Crippen LogP contribution in [0.3, 0.4) is 0 Å². The summed E-state index contributed by atoms with van der Waals surface area (Å²) in [5, 5.41) is 8.86. The molecule has 1 fully saturated rings. The van der Waals surface area contributed by atoms with E-state index in [0.29, 0.717) is 23.6 Å². The lowest BCUT2D eigenvalue weighted by Gasteiger charge is -2.28. The smallest absolute Gasteiger partial charge is 0.253 e. The van der Waals surface area contributed by atoms with Gasteiger partial charge in [0.25, 0.3) is 5.91 Å². The van der Waals surface area contributed by atoms with Crippen LogP contribution in [0.1, 0.15) is 43.0 Å². The zero-order chi connectivity index (χ0) is 18.9. The fourth-order valence-electron chi connectivity index (χ4n) is 3.21. The van der Waals surface area contributed by atoms with Crippen LogP contribution in [-0.4, -0.2) is 37.4 Å². The van der Waals surface area contributed by atoms with Gasteiger partial charge in [-0.2, -0.15) is 0 Å². The number of anilines is 1. The van der Waals surface area contributed by atoms with E-state index in [1.807, 2.05) is 0 Å². The van der Waals surface area contributed by atoms with Crippen molar-refractivity contribution in [2.45, 2.75) is 32.6 Å². The average Bonchev–Trinajstić information content (AvgIpc) is 2.62. The maximum atomic E-state index is 12.4. The van der Waals surface area contributed by atoms with Crippen LogP contribution < -0.4 is 21.7 Å². The maximum absolute atomic E-state index is 12.4. The summed E-state index contributed by atoms with van der Waals surface area (Å²) in [6.45, 7) is 4.27. The lowest BCUT2D eigenvalue weighted by atomic mass is 9.85. The molecular formula is C19H28N4O3. The molecule has 0 saturated carbocycles. The Labute approximate surface area is 154 Å². The van der Waals surface area contributed by atoms with E-state index in [-0.39, 0.29) is 30.7 Å². The molecule has 0 radical (unpaired) electrons. The molecule has 2 atom stereocenters. The first kappa shape index (κ1) is 19.9. The predicted octanol–water partition coefficient (Wildman–Crippen LogP) is 1.26. The second-order valence-electron chi connectivity index (χ2n) is 6.85. The lowest BCUT2D eigenvalue weighted by Crippen LogP contribution is -2.34. The van der Waals surface area contributed by atoms with E-state index < -0.39 is 5.91 Å². The molecule has 3 amide bonds. The zero-order valence-corrected chi connectivity index (χ0v) is 15.2. The van der Waals surface area contributed by atoms with Gasteiger partial charge in [0.15, 0.2) is 0 Å². The monoisotopic (exact) mass is 360 g/mol. The summed E-state index contributed by atoms with van der Waals surface area (Å²) in [5.41, 5.74) is 5.92. The van der Waals surface area contributed by atoms with Crippen molar-refractivity contribution >= 4 is 23.4 Å². The number of benzene rings is 1. The highest BCUT2D eigenvalue weighted by Gasteiger charge is 2.22. The molecule has 1 aliphatic rings. The Kier molecular flexibility index (Phi) is 7.59. The van der Waals surface area contributed by atoms with Gasteiger partial charge in [0, 0.05) is 19.4 Å². The van der Waals surface area contributed by atoms with Crippen molar-refractivity contribution in [3.63, 3.8) is 0 Å². The third-order valence-corrected chi connectivity index (χ3v) is 4.75. The number of amides is 3. The highest BCUT2D eigenvalue weighted by molar-refractivity contribution is 6.03. The summed E-state index contributed by atoms with van der Waals surface area (Å²) in [6, 6.07) is 6.84. The van der Waals surface area contributed by atoms with E-state index in [1.165, 1.54) is 0 Å². The molecule has 2 rings (SSSR count). The van der Waals surface area contributed by atoms with Crippen molar-refractivity contribution < 1.29 is 14.4 Å². The molecule has 142 valence electrons. The molecule has 1 saturated heterocycles. The quantitative estimate of drug-likeness (QED) is 0.559. The van der Waals surface area contributed by atoms with Crippen LogP contribution in [0.2, 0.25) is 0 Å². The van der Waals surface area contributed by atoms with Gasteiger partial charge >= 0.3 is 0 Å². The van der Waals surface area contributed by atoms with Crippen molar-refractivity contribution in [1.82, 2.24) is 10.6 Å². The van der Waals surface area contributed by atoms with E-state index in [2.05, 4.69) is 22.9 Å². The number of rotatable bonds is 8. The highest BCUT2D eigenvalue weighted by Crippen LogP contribution is 2.23. The molecule has 5 N–H and O–H groups in total. The van der Waals surface area contributed by atoms with E-state index in [9.17, 15) is 14.4 Å². The van der Waals surface area contributed by atoms with Gasteiger partial charge in [-0.1, -0.05) is 19.1 Å². The SMILES string of the molecule is CC(CC(=O)Nc1ccccc1C(=O)NCCC(N)=O)C1CCCNC1. The van der Waals surface area contributed by atoms with Gasteiger partial charge < -0.3 is 21.7 Å². The van der Waals surface area contributed by atoms with Crippen LogP contribution in [0.4, 0.5) is 5.69 Å². The second-order valence-corrected chi connectivity index (χ2v) is 6.85. The molecule has 1 heterocycles. The molecule has 1 aromatic carbocycles. The minimum atomic E-state index is -0.474. The van der Waals surface area contributed by atoms with Crippen LogP contribution in [-0.2, 0) is 9.59 Å². The zero-order valence-electron chi connectivity index (χ0n) is 15.2. The number of nitrogens with one attached hydrogen (secondary N) is 3. The van der Waals surface area contributed by atoms with Gasteiger partial charge in [0.1, 0.15) is 0 Å². The summed E-state index contributed by atoms with van der Waals surface area (Å²) in [6.07, 6.45) is 2.78. The Morgan fingerprint density at radius 1 is 1.31 bits per heavy atom. The molecule has 2 unspecified atom stereocenters. The molecule has 7 nitrogen and oxygen atoms in total. The molecule has 0 aliphatic carbocycles. The summed E-state index contributed by atoms with van der Waals surface area (Å²) >= 11 is 0. The van der Waals surface area contributed by atoms with Crippen molar-refractivity contribution in [3.05, 3.63) is 29.8 Å². The summed E-state index contributed by atoms with van der Waals surface area (Å²) in [4.78, 5) is 35.5. The number of primary amides is 1. The summed E-state index contributed by atoms with van der Waals surface area (Å²) < 4.78 is 0. The normalized spacial score (nSPS) is 18.0. The van der Waals surface area contributed by atoms with Crippen LogP contribution in [0.25, 0.3) is 0 Å². The van der Waals surface area contributed by atoms with Crippen molar-refractivity contribution in [3.8, 4) is 0 Å². The fraction of sp³-hybridized carbons (Fsp3) is 0.526. The molecular weight excluding hydrogens is 332 g/mol. The van der Waals surface area contributed by atoms with Gasteiger partial charge in [-0.05, 0) is 49.9 Å². The number of hydrogen-bond acceptors (Lipinski definition) is 4. The molecule has 1 aromatic rings. The molecule has 0 aromatic heterocycles. The first-order chi connectivity index (χ1) is 12.5. The van der Waals surface area contributed by atoms with Crippen LogP contribution in [0.15, 0.2) is 24.3 Å². The number of nitrogens with two attached hydrogens (primary N) is 1. The van der Waals surface area contributed by atoms with Gasteiger partial charge in [0.05, 0.1) is 11.3 Å². The standard InChI is InChI=1S/C19H28N4O3/c1-13(14-5-4-9-21-12-14)11-18(25)23-16-7-3-2-6-15(16)19(26)22-10-8-17(20)24/h2-3,6-7,13-14,21H,4-5,8-12H2,1H3,(H2,20,24)(H,22,26)(H,23,25). The largest absolute Gasteiger partial charge is 0.370 e. The number of carbonyl (C=O) groups excluding carboxylic acids is 3. The van der Waals surface area contributed by atoms with Crippen LogP contribution in [0.5, 0.6) is 0 Å². The van der Waals surface area contributed by atoms with Crippen molar-refractivity contribution in [2.75, 3.05) is 25.0 Å². The third-order valence-electron chi connectivity index (χ3n) is 4.75. The number of para-hydroxylation sites is 1. The molecule has 0 spiro atoms. The van der Waals surface area contributed by atoms with Gasteiger partial charge in [-0.15, -0.1) is 0 Å². The molecule has 0 bridgehead atoms. The Hall–Kier alpha value is -2.41. The summed E-state index contributed by atoms with van der Waals surface area (Å²) in [5.74, 6) is -0.133. The second kappa shape index (κ2) is 9.91. The van der Waals surface area contributed by atoms with E-state index in [0.717, 1.165) is 25.9 Å². The van der Waals surface area contributed by atoms with Gasteiger partial charge in [-0.25, -0.2) is 0 Å². The van der Waals surface area contributed by atoms with Gasteiger partial charge in [-0.3, -0.25) is 14.4 Å². The van der Waals surface area contributed by atoms with E-state index in [4.69, 9.17) is 5.73 Å². The van der Waals surface area contributed by atoms with Crippen molar-refractivity contribution in [2.24, 2.45) is 17.6 Å². The maximum Gasteiger partial charge on any atom is 0.253 e. The average molecular weight is 360 g/mol. The lowest BCUT2D eigenvalue weighted by molar-refractivity contribution is -0.118. The summed E-state index contributed by atoms with van der Waals surface area (Å²) in [7, 11) is 0. The van der Waals surface area contributed by atoms with Crippen molar-refractivity contribution in [1.29, 1.82) is 0 Å². The number of piperidine rings is 1. The predicted molar refractivity (Wildman–Crippen MR) is 101 cm³/mol. The van der Waals surface area contributed by atoms with E-state index in [1.54, 1.807) is 24.3 Å². The first-order valence-electron chi connectivity index (χ1n) is 9.13. The highest BCUT2D eigenvalue weighted by atomic mass is 16.2. The Morgan fingerprint density at radius 2 is 2.08 bits per heavy atom. The van der Waals surface area contributed by atoms with E-state index >= 15 is 0 Å². The fourth-order valence-corrected chi connectivity index (χ4v) is 3.21. The topological polar surface area (TPSA) is 113 Å². The van der Waals surface area contributed by atoms with Crippen LogP contribution >= 0.6 is 0 Å². The Morgan fingerprint density at radius 3 is 2.77 bits per heavy atom. The number of hydrogen-bond donors (Lipinski definition) is 4. The molecule has 1 aliphatic heterocycles. The number of carbonyl (C=O) groups is 3. The molecule has 26 heavy (non-hydrogen) atoms.